The quantitative estimate of drug-likeness (QED) is 0.549. The Kier molecular flexibility index (Phi) is 6.54. The minimum Gasteiger partial charge on any atom is -0.482 e. The monoisotopic (exact) mass is 387 g/mol. The van der Waals surface area contributed by atoms with Crippen LogP contribution in [-0.2, 0) is 4.79 Å². The van der Waals surface area contributed by atoms with E-state index >= 15 is 0 Å². The number of hydrogen-bond donors (Lipinski definition) is 3. The first-order valence-corrected chi connectivity index (χ1v) is 7.77. The van der Waals surface area contributed by atoms with Gasteiger partial charge in [0, 0.05) is 11.8 Å². The van der Waals surface area contributed by atoms with Gasteiger partial charge in [-0.15, -0.1) is 0 Å². The van der Waals surface area contributed by atoms with Crippen molar-refractivity contribution >= 4 is 52.4 Å². The maximum absolute atomic E-state index is 11.7. The van der Waals surface area contributed by atoms with Gasteiger partial charge in [-0.05, 0) is 18.2 Å². The van der Waals surface area contributed by atoms with Gasteiger partial charge < -0.3 is 10.1 Å². The molecule has 24 heavy (non-hydrogen) atoms. The van der Waals surface area contributed by atoms with Crippen LogP contribution in [0.3, 0.4) is 0 Å². The third-order valence-electron chi connectivity index (χ3n) is 2.68. The third-order valence-corrected chi connectivity index (χ3v) is 3.70. The van der Waals surface area contributed by atoms with Crippen LogP contribution in [0.15, 0.2) is 42.5 Å². The van der Waals surface area contributed by atoms with Crippen molar-refractivity contribution in [1.82, 2.24) is 10.9 Å². The van der Waals surface area contributed by atoms with E-state index in [1.54, 1.807) is 24.3 Å². The predicted molar refractivity (Wildman–Crippen MR) is 93.7 cm³/mol. The van der Waals surface area contributed by atoms with Crippen LogP contribution in [0, 0.1) is 0 Å². The average molecular weight is 389 g/mol. The van der Waals surface area contributed by atoms with Gasteiger partial charge in [-0.1, -0.05) is 53.0 Å². The highest BCUT2D eigenvalue weighted by molar-refractivity contribution is 6.43. The number of amides is 3. The van der Waals surface area contributed by atoms with Gasteiger partial charge in [0.25, 0.3) is 5.91 Å². The topological polar surface area (TPSA) is 79.5 Å². The molecule has 126 valence electrons. The van der Waals surface area contributed by atoms with Crippen LogP contribution in [0.25, 0.3) is 0 Å². The first kappa shape index (κ1) is 18.2. The fourth-order valence-corrected chi connectivity index (χ4v) is 2.20. The summed E-state index contributed by atoms with van der Waals surface area (Å²) in [6.07, 6.45) is 0. The second-order valence-electron chi connectivity index (χ2n) is 4.48. The molecule has 2 aromatic rings. The molecule has 0 heterocycles. The average Bonchev–Trinajstić information content (AvgIpc) is 2.56. The molecule has 0 saturated carbocycles. The number of carbonyl (C=O) groups is 2. The number of carbonyl (C=O) groups excluding carboxylic acids is 2. The van der Waals surface area contributed by atoms with Crippen molar-refractivity contribution in [3.63, 3.8) is 0 Å². The van der Waals surface area contributed by atoms with Crippen molar-refractivity contribution in [3.8, 4) is 5.75 Å². The Morgan fingerprint density at radius 1 is 0.917 bits per heavy atom. The summed E-state index contributed by atoms with van der Waals surface area (Å²) < 4.78 is 5.23. The number of hydrazine groups is 1. The molecule has 0 bridgehead atoms. The van der Waals surface area contributed by atoms with Crippen LogP contribution >= 0.6 is 34.8 Å². The van der Waals surface area contributed by atoms with E-state index in [0.717, 1.165) is 0 Å². The number of anilines is 1. The molecule has 2 rings (SSSR count). The van der Waals surface area contributed by atoms with Gasteiger partial charge in [0.2, 0.25) is 0 Å². The minimum absolute atomic E-state index is 0.204. The van der Waals surface area contributed by atoms with Gasteiger partial charge in [-0.25, -0.2) is 10.2 Å². The van der Waals surface area contributed by atoms with Crippen LogP contribution in [0.4, 0.5) is 10.5 Å². The molecule has 0 saturated heterocycles. The molecule has 2 aromatic carbocycles. The zero-order valence-electron chi connectivity index (χ0n) is 12.1. The largest absolute Gasteiger partial charge is 0.482 e. The molecule has 3 N–H and O–H groups in total. The summed E-state index contributed by atoms with van der Waals surface area (Å²) in [7, 11) is 0. The van der Waals surface area contributed by atoms with E-state index in [1.807, 2.05) is 6.07 Å². The molecule has 0 unspecified atom stereocenters. The van der Waals surface area contributed by atoms with E-state index in [-0.39, 0.29) is 27.4 Å². The van der Waals surface area contributed by atoms with E-state index in [2.05, 4.69) is 16.2 Å². The Hall–Kier alpha value is -2.15. The van der Waals surface area contributed by atoms with E-state index < -0.39 is 11.9 Å². The molecule has 0 fully saturated rings. The summed E-state index contributed by atoms with van der Waals surface area (Å²) in [5.74, 6) is -0.379. The second-order valence-corrected chi connectivity index (χ2v) is 5.70. The lowest BCUT2D eigenvalue weighted by atomic mass is 10.3. The summed E-state index contributed by atoms with van der Waals surface area (Å²) in [5, 5.41) is 3.27. The molecule has 0 aliphatic rings. The number of para-hydroxylation sites is 1. The highest BCUT2D eigenvalue weighted by Gasteiger charge is 2.10. The van der Waals surface area contributed by atoms with Crippen molar-refractivity contribution in [2.45, 2.75) is 0 Å². The van der Waals surface area contributed by atoms with E-state index in [9.17, 15) is 9.59 Å². The van der Waals surface area contributed by atoms with E-state index in [1.165, 1.54) is 12.1 Å². The highest BCUT2D eigenvalue weighted by atomic mass is 35.5. The molecule has 0 spiro atoms. The molecule has 0 aromatic heterocycles. The molecule has 0 aliphatic carbocycles. The predicted octanol–water partition coefficient (Wildman–Crippen LogP) is 3.88. The van der Waals surface area contributed by atoms with Gasteiger partial charge in [0.15, 0.2) is 6.61 Å². The molecule has 6 nitrogen and oxygen atoms in total. The van der Waals surface area contributed by atoms with Crippen molar-refractivity contribution < 1.29 is 14.3 Å². The second kappa shape index (κ2) is 8.63. The van der Waals surface area contributed by atoms with Crippen molar-refractivity contribution in [1.29, 1.82) is 0 Å². The van der Waals surface area contributed by atoms with Crippen molar-refractivity contribution in [2.75, 3.05) is 11.9 Å². The molecule has 9 heteroatoms. The fraction of sp³-hybridized carbons (Fsp3) is 0.0667. The van der Waals surface area contributed by atoms with Crippen molar-refractivity contribution in [3.05, 3.63) is 57.5 Å². The van der Waals surface area contributed by atoms with E-state index in [0.29, 0.717) is 5.69 Å². The standard InChI is InChI=1S/C15H12Cl3N3O3/c16-10-6-12(18)13(7-11(10)17)24-8-14(22)20-21-15(23)19-9-4-2-1-3-5-9/h1-7H,8H2,(H,20,22)(H2,19,21,23). The third kappa shape index (κ3) is 5.49. The SMILES string of the molecule is O=C(COc1cc(Cl)c(Cl)cc1Cl)NNC(=O)Nc1ccccc1. The maximum Gasteiger partial charge on any atom is 0.337 e. The van der Waals surface area contributed by atoms with E-state index in [4.69, 9.17) is 39.5 Å². The molecule has 0 radical (unpaired) electrons. The Morgan fingerprint density at radius 2 is 1.58 bits per heavy atom. The minimum atomic E-state index is -0.595. The van der Waals surface area contributed by atoms with Gasteiger partial charge in [-0.3, -0.25) is 10.2 Å². The summed E-state index contributed by atoms with van der Waals surface area (Å²) in [6, 6.07) is 11.0. The molecular weight excluding hydrogens is 377 g/mol. The molecule has 0 atom stereocenters. The Balaban J connectivity index is 1.77. The highest BCUT2D eigenvalue weighted by Crippen LogP contribution is 2.33. The lowest BCUT2D eigenvalue weighted by molar-refractivity contribution is -0.123. The van der Waals surface area contributed by atoms with Gasteiger partial charge in [-0.2, -0.15) is 0 Å². The van der Waals surface area contributed by atoms with Gasteiger partial charge in [0.05, 0.1) is 15.1 Å². The number of rotatable bonds is 4. The number of urea groups is 1. The van der Waals surface area contributed by atoms with Crippen LogP contribution in [0.2, 0.25) is 15.1 Å². The van der Waals surface area contributed by atoms with Gasteiger partial charge >= 0.3 is 6.03 Å². The zero-order chi connectivity index (χ0) is 17.5. The van der Waals surface area contributed by atoms with Crippen LogP contribution in [0.1, 0.15) is 0 Å². The number of hydrogen-bond acceptors (Lipinski definition) is 3. The van der Waals surface area contributed by atoms with Crippen LogP contribution in [-0.4, -0.2) is 18.5 Å². The van der Waals surface area contributed by atoms with Crippen LogP contribution < -0.4 is 20.9 Å². The number of halogens is 3. The summed E-state index contributed by atoms with van der Waals surface area (Å²) in [4.78, 5) is 23.3. The summed E-state index contributed by atoms with van der Waals surface area (Å²) >= 11 is 17.6. The van der Waals surface area contributed by atoms with Crippen molar-refractivity contribution in [2.24, 2.45) is 0 Å². The molecule has 0 aliphatic heterocycles. The first-order chi connectivity index (χ1) is 11.5. The number of benzene rings is 2. The maximum atomic E-state index is 11.7. The fourth-order valence-electron chi connectivity index (χ4n) is 1.60. The molecule has 3 amide bonds. The summed E-state index contributed by atoms with van der Waals surface area (Å²) in [5.41, 5.74) is 4.97. The van der Waals surface area contributed by atoms with Crippen LogP contribution in [0.5, 0.6) is 5.75 Å². The lowest BCUT2D eigenvalue weighted by Crippen LogP contribution is -2.45. The lowest BCUT2D eigenvalue weighted by Gasteiger charge is -2.11. The number of nitrogens with one attached hydrogen (secondary N) is 3. The zero-order valence-corrected chi connectivity index (χ0v) is 14.4. The smallest absolute Gasteiger partial charge is 0.337 e. The first-order valence-electron chi connectivity index (χ1n) is 6.64. The Bertz CT molecular complexity index is 741. The Morgan fingerprint density at radius 3 is 2.29 bits per heavy atom. The summed E-state index contributed by atoms with van der Waals surface area (Å²) in [6.45, 7) is -0.372. The number of ether oxygens (including phenoxy) is 1. The normalized spacial score (nSPS) is 9.96. The van der Waals surface area contributed by atoms with Gasteiger partial charge in [0.1, 0.15) is 5.75 Å². The Labute approximate surface area is 153 Å². The molecular formula is C15H12Cl3N3O3.